The molecule has 1 N–H and O–H groups in total. The van der Waals surface area contributed by atoms with Crippen molar-refractivity contribution >= 4 is 23.3 Å². The Morgan fingerprint density at radius 2 is 1.71 bits per heavy atom. The average Bonchev–Trinajstić information content (AvgIpc) is 2.80. The summed E-state index contributed by atoms with van der Waals surface area (Å²) in [6.07, 6.45) is 3.03. The van der Waals surface area contributed by atoms with Gasteiger partial charge in [-0.15, -0.1) is 0 Å². The van der Waals surface area contributed by atoms with Crippen LogP contribution in [0.15, 0.2) is 67.0 Å². The Morgan fingerprint density at radius 1 is 0.935 bits per heavy atom. The number of carboxylic acid groups (broad SMARTS) is 1. The molecule has 0 aliphatic heterocycles. The molecule has 8 nitrogen and oxygen atoms in total. The Morgan fingerprint density at radius 3 is 2.39 bits per heavy atom. The molecule has 0 aliphatic rings. The second-order valence-corrected chi connectivity index (χ2v) is 6.41. The van der Waals surface area contributed by atoms with Gasteiger partial charge in [0.15, 0.2) is 11.5 Å². The van der Waals surface area contributed by atoms with E-state index in [0.29, 0.717) is 41.7 Å². The highest BCUT2D eigenvalue weighted by Gasteiger charge is 2.22. The number of carbonyl (C=O) groups is 2. The van der Waals surface area contributed by atoms with E-state index in [4.69, 9.17) is 14.2 Å². The Labute approximate surface area is 179 Å². The van der Waals surface area contributed by atoms with Crippen molar-refractivity contribution in [2.45, 2.75) is 0 Å². The molecule has 0 radical (unpaired) electrons. The van der Waals surface area contributed by atoms with Crippen molar-refractivity contribution in [2.24, 2.45) is 0 Å². The van der Waals surface area contributed by atoms with Crippen LogP contribution in [0.1, 0.15) is 20.7 Å². The predicted octanol–water partition coefficient (Wildman–Crippen LogP) is 3.79. The van der Waals surface area contributed by atoms with Crippen molar-refractivity contribution in [1.29, 1.82) is 0 Å². The normalized spacial score (nSPS) is 10.4. The van der Waals surface area contributed by atoms with Gasteiger partial charge < -0.3 is 19.3 Å². The number of aromatic nitrogens is 1. The summed E-state index contributed by atoms with van der Waals surface area (Å²) in [5.41, 5.74) is 1.28. The predicted molar refractivity (Wildman–Crippen MR) is 114 cm³/mol. The molecule has 0 saturated heterocycles. The first kappa shape index (κ1) is 21.8. The van der Waals surface area contributed by atoms with Gasteiger partial charge in [-0.2, -0.15) is 0 Å². The minimum Gasteiger partial charge on any atom is -0.493 e. The number of pyridine rings is 1. The monoisotopic (exact) mass is 422 g/mol. The first-order valence-electron chi connectivity index (χ1n) is 9.42. The standard InChI is InChI=1S/C23H22N2O6/c1-29-11-12-31-21-14-19(8-9-20(21)30-2)25(22(26)17-6-4-10-24-15-17)18-7-3-5-16(13-18)23(27)28/h3-10,13-15H,11-12H2,1-2H3,(H,27,28). The Kier molecular flexibility index (Phi) is 7.18. The van der Waals surface area contributed by atoms with Crippen LogP contribution in [0.5, 0.6) is 11.5 Å². The first-order chi connectivity index (χ1) is 15.0. The van der Waals surface area contributed by atoms with Crippen LogP contribution in [0.2, 0.25) is 0 Å². The molecule has 31 heavy (non-hydrogen) atoms. The number of nitrogens with zero attached hydrogens (tertiary/aromatic N) is 2. The van der Waals surface area contributed by atoms with Crippen molar-refractivity contribution in [2.75, 3.05) is 32.3 Å². The van der Waals surface area contributed by atoms with Crippen LogP contribution in [0, 0.1) is 0 Å². The fourth-order valence-electron chi connectivity index (χ4n) is 2.93. The summed E-state index contributed by atoms with van der Waals surface area (Å²) >= 11 is 0. The highest BCUT2D eigenvalue weighted by atomic mass is 16.5. The maximum Gasteiger partial charge on any atom is 0.335 e. The lowest BCUT2D eigenvalue weighted by Crippen LogP contribution is -2.26. The number of amides is 1. The van der Waals surface area contributed by atoms with Gasteiger partial charge in [0.25, 0.3) is 5.91 Å². The molecule has 160 valence electrons. The molecule has 0 spiro atoms. The summed E-state index contributed by atoms with van der Waals surface area (Å²) in [6.45, 7) is 0.674. The van der Waals surface area contributed by atoms with Crippen LogP contribution in [0.3, 0.4) is 0 Å². The molecular formula is C23H22N2O6. The van der Waals surface area contributed by atoms with Gasteiger partial charge in [-0.1, -0.05) is 6.07 Å². The van der Waals surface area contributed by atoms with E-state index in [9.17, 15) is 14.7 Å². The van der Waals surface area contributed by atoms with Crippen molar-refractivity contribution < 1.29 is 28.9 Å². The summed E-state index contributed by atoms with van der Waals surface area (Å²) in [5.74, 6) is -0.541. The Balaban J connectivity index is 2.10. The smallest absolute Gasteiger partial charge is 0.335 e. The van der Waals surface area contributed by atoms with Gasteiger partial charge in [0, 0.05) is 25.6 Å². The van der Waals surface area contributed by atoms with Gasteiger partial charge in [0.2, 0.25) is 0 Å². The third-order valence-corrected chi connectivity index (χ3v) is 4.41. The van der Waals surface area contributed by atoms with Crippen LogP contribution in [0.4, 0.5) is 11.4 Å². The van der Waals surface area contributed by atoms with E-state index < -0.39 is 5.97 Å². The van der Waals surface area contributed by atoms with Crippen LogP contribution in [0.25, 0.3) is 0 Å². The van der Waals surface area contributed by atoms with Gasteiger partial charge in [0.05, 0.1) is 36.2 Å². The maximum atomic E-state index is 13.4. The van der Waals surface area contributed by atoms with E-state index in [0.717, 1.165) is 0 Å². The van der Waals surface area contributed by atoms with Gasteiger partial charge in [-0.25, -0.2) is 4.79 Å². The topological polar surface area (TPSA) is 98.2 Å². The summed E-state index contributed by atoms with van der Waals surface area (Å²) in [5, 5.41) is 9.39. The molecule has 3 aromatic rings. The molecule has 0 saturated carbocycles. The summed E-state index contributed by atoms with van der Waals surface area (Å²) in [7, 11) is 3.09. The molecular weight excluding hydrogens is 400 g/mol. The van der Waals surface area contributed by atoms with Crippen LogP contribution >= 0.6 is 0 Å². The van der Waals surface area contributed by atoms with Crippen molar-refractivity contribution in [3.05, 3.63) is 78.1 Å². The van der Waals surface area contributed by atoms with E-state index in [2.05, 4.69) is 4.98 Å². The molecule has 3 rings (SSSR count). The fourth-order valence-corrected chi connectivity index (χ4v) is 2.93. The lowest BCUT2D eigenvalue weighted by molar-refractivity contribution is 0.0696. The molecule has 1 amide bonds. The quantitative estimate of drug-likeness (QED) is 0.524. The average molecular weight is 422 g/mol. The number of methoxy groups -OCH3 is 2. The third kappa shape index (κ3) is 5.18. The lowest BCUT2D eigenvalue weighted by atomic mass is 10.1. The molecule has 1 aromatic heterocycles. The number of hydrogen-bond donors (Lipinski definition) is 1. The van der Waals surface area contributed by atoms with E-state index in [-0.39, 0.29) is 11.5 Å². The Bertz CT molecular complexity index is 1050. The van der Waals surface area contributed by atoms with Crippen molar-refractivity contribution in [1.82, 2.24) is 4.98 Å². The Hall–Kier alpha value is -3.91. The molecule has 8 heteroatoms. The van der Waals surface area contributed by atoms with Gasteiger partial charge in [-0.05, 0) is 42.5 Å². The lowest BCUT2D eigenvalue weighted by Gasteiger charge is -2.24. The number of carboxylic acids is 1. The largest absolute Gasteiger partial charge is 0.493 e. The number of ether oxygens (including phenoxy) is 3. The number of hydrogen-bond acceptors (Lipinski definition) is 6. The zero-order valence-electron chi connectivity index (χ0n) is 17.1. The summed E-state index contributed by atoms with van der Waals surface area (Å²) < 4.78 is 16.1. The van der Waals surface area contributed by atoms with Crippen LogP contribution in [-0.4, -0.2) is 49.4 Å². The molecule has 0 atom stereocenters. The van der Waals surface area contributed by atoms with E-state index in [1.807, 2.05) is 0 Å². The van der Waals surface area contributed by atoms with Crippen LogP contribution in [-0.2, 0) is 4.74 Å². The number of aromatic carboxylic acids is 1. The summed E-state index contributed by atoms with van der Waals surface area (Å²) in [6, 6.07) is 14.5. The van der Waals surface area contributed by atoms with Crippen molar-refractivity contribution in [3.63, 3.8) is 0 Å². The molecule has 0 fully saturated rings. The highest BCUT2D eigenvalue weighted by Crippen LogP contribution is 2.36. The van der Waals surface area contributed by atoms with E-state index in [1.54, 1.807) is 55.8 Å². The highest BCUT2D eigenvalue weighted by molar-refractivity contribution is 6.11. The van der Waals surface area contributed by atoms with Gasteiger partial charge in [-0.3, -0.25) is 14.7 Å². The second kappa shape index (κ2) is 10.2. The SMILES string of the molecule is COCCOc1cc(N(C(=O)c2cccnc2)c2cccc(C(=O)O)c2)ccc1OC. The zero-order chi connectivity index (χ0) is 22.2. The molecule has 0 unspecified atom stereocenters. The maximum absolute atomic E-state index is 13.4. The minimum atomic E-state index is -1.09. The number of carbonyl (C=O) groups excluding carboxylic acids is 1. The number of anilines is 2. The molecule has 0 bridgehead atoms. The van der Waals surface area contributed by atoms with Crippen LogP contribution < -0.4 is 14.4 Å². The molecule has 1 heterocycles. The number of rotatable bonds is 9. The van der Waals surface area contributed by atoms with E-state index >= 15 is 0 Å². The minimum absolute atomic E-state index is 0.0616. The van der Waals surface area contributed by atoms with Crippen molar-refractivity contribution in [3.8, 4) is 11.5 Å². The molecule has 2 aromatic carbocycles. The second-order valence-electron chi connectivity index (χ2n) is 6.41. The summed E-state index contributed by atoms with van der Waals surface area (Å²) in [4.78, 5) is 30.3. The molecule has 0 aliphatic carbocycles. The van der Waals surface area contributed by atoms with Gasteiger partial charge >= 0.3 is 5.97 Å². The first-order valence-corrected chi connectivity index (χ1v) is 9.42. The third-order valence-electron chi connectivity index (χ3n) is 4.41. The fraction of sp³-hybridized carbons (Fsp3) is 0.174. The van der Waals surface area contributed by atoms with Gasteiger partial charge in [0.1, 0.15) is 6.61 Å². The van der Waals surface area contributed by atoms with E-state index in [1.165, 1.54) is 30.3 Å². The number of benzene rings is 2. The zero-order valence-corrected chi connectivity index (χ0v) is 17.1.